The standard InChI is InChI=1S/C9H17O2/c1-3-8(2)6-4-5-7-9(10)11/h7-8H,3-6H2,1-2H3,(H,10,11). The van der Waals surface area contributed by atoms with E-state index in [2.05, 4.69) is 13.8 Å². The van der Waals surface area contributed by atoms with E-state index in [0.717, 1.165) is 18.8 Å². The molecule has 65 valence electrons. The Morgan fingerprint density at radius 3 is 2.73 bits per heavy atom. The molecule has 1 atom stereocenters. The van der Waals surface area contributed by atoms with Crippen LogP contribution in [0, 0.1) is 12.3 Å². The maximum atomic E-state index is 10.1. The van der Waals surface area contributed by atoms with E-state index in [1.807, 2.05) is 0 Å². The Morgan fingerprint density at radius 2 is 2.27 bits per heavy atom. The summed E-state index contributed by atoms with van der Waals surface area (Å²) >= 11 is 0. The topological polar surface area (TPSA) is 37.3 Å². The summed E-state index contributed by atoms with van der Waals surface area (Å²) < 4.78 is 0. The van der Waals surface area contributed by atoms with E-state index >= 15 is 0 Å². The lowest BCUT2D eigenvalue weighted by molar-refractivity contribution is -0.133. The molecule has 0 rings (SSSR count). The number of rotatable bonds is 6. The molecule has 0 aromatic heterocycles. The average molecular weight is 157 g/mol. The second-order valence-corrected chi connectivity index (χ2v) is 2.99. The number of carboxylic acids is 1. The van der Waals surface area contributed by atoms with Gasteiger partial charge in [-0.05, 0) is 12.3 Å². The van der Waals surface area contributed by atoms with Crippen molar-refractivity contribution in [2.24, 2.45) is 5.92 Å². The van der Waals surface area contributed by atoms with E-state index in [0.29, 0.717) is 6.42 Å². The number of hydrogen-bond acceptors (Lipinski definition) is 1. The molecule has 2 heteroatoms. The highest BCUT2D eigenvalue weighted by molar-refractivity contribution is 5.76. The zero-order valence-corrected chi connectivity index (χ0v) is 7.34. The van der Waals surface area contributed by atoms with Crippen LogP contribution in [0.15, 0.2) is 0 Å². The van der Waals surface area contributed by atoms with Crippen LogP contribution in [0.2, 0.25) is 0 Å². The van der Waals surface area contributed by atoms with Crippen LogP contribution in [0.3, 0.4) is 0 Å². The van der Waals surface area contributed by atoms with E-state index < -0.39 is 5.97 Å². The van der Waals surface area contributed by atoms with Crippen molar-refractivity contribution in [1.82, 2.24) is 0 Å². The average Bonchev–Trinajstić information content (AvgIpc) is 1.97. The summed E-state index contributed by atoms with van der Waals surface area (Å²) in [6.07, 6.45) is 5.37. The molecule has 1 unspecified atom stereocenters. The molecule has 11 heavy (non-hydrogen) atoms. The van der Waals surface area contributed by atoms with Gasteiger partial charge in [-0.15, -0.1) is 0 Å². The Kier molecular flexibility index (Phi) is 5.90. The molecule has 0 bridgehead atoms. The summed E-state index contributed by atoms with van der Waals surface area (Å²) in [4.78, 5) is 10.1. The maximum Gasteiger partial charge on any atom is 0.307 e. The monoisotopic (exact) mass is 157 g/mol. The van der Waals surface area contributed by atoms with Crippen LogP contribution >= 0.6 is 0 Å². The Labute approximate surface area is 68.6 Å². The fourth-order valence-corrected chi connectivity index (χ4v) is 0.896. The lowest BCUT2D eigenvalue weighted by Gasteiger charge is -2.05. The Morgan fingerprint density at radius 1 is 1.64 bits per heavy atom. The van der Waals surface area contributed by atoms with Crippen LogP contribution in [0.4, 0.5) is 0 Å². The van der Waals surface area contributed by atoms with Gasteiger partial charge in [-0.1, -0.05) is 33.1 Å². The molecule has 1 N–H and O–H groups in total. The summed E-state index contributed by atoms with van der Waals surface area (Å²) in [7, 11) is 0. The van der Waals surface area contributed by atoms with Crippen LogP contribution < -0.4 is 0 Å². The highest BCUT2D eigenvalue weighted by Gasteiger charge is 2.00. The van der Waals surface area contributed by atoms with Crippen LogP contribution in [0.25, 0.3) is 0 Å². The van der Waals surface area contributed by atoms with Gasteiger partial charge < -0.3 is 5.11 Å². The molecule has 0 aliphatic rings. The maximum absolute atomic E-state index is 10.1. The minimum atomic E-state index is -0.797. The fourth-order valence-electron chi connectivity index (χ4n) is 0.896. The second-order valence-electron chi connectivity index (χ2n) is 2.99. The molecular weight excluding hydrogens is 140 g/mol. The third-order valence-corrected chi connectivity index (χ3v) is 1.92. The molecule has 0 aromatic carbocycles. The molecule has 0 heterocycles. The number of carbonyl (C=O) groups is 1. The third kappa shape index (κ3) is 7.37. The fraction of sp³-hybridized carbons (Fsp3) is 0.778. The molecule has 0 aliphatic heterocycles. The first-order valence-electron chi connectivity index (χ1n) is 4.23. The van der Waals surface area contributed by atoms with Gasteiger partial charge in [0, 0.05) is 0 Å². The smallest absolute Gasteiger partial charge is 0.307 e. The molecule has 0 fully saturated rings. The normalized spacial score (nSPS) is 12.9. The van der Waals surface area contributed by atoms with Crippen molar-refractivity contribution in [3.63, 3.8) is 0 Å². The van der Waals surface area contributed by atoms with E-state index in [9.17, 15) is 4.79 Å². The largest absolute Gasteiger partial charge is 0.481 e. The van der Waals surface area contributed by atoms with Gasteiger partial charge in [0.15, 0.2) is 0 Å². The quantitative estimate of drug-likeness (QED) is 0.601. The van der Waals surface area contributed by atoms with Crippen LogP contribution in [-0.4, -0.2) is 11.1 Å². The van der Waals surface area contributed by atoms with E-state index in [4.69, 9.17) is 5.11 Å². The number of hydrogen-bond donors (Lipinski definition) is 1. The summed E-state index contributed by atoms with van der Waals surface area (Å²) in [6, 6.07) is 0. The first kappa shape index (κ1) is 10.5. The third-order valence-electron chi connectivity index (χ3n) is 1.92. The van der Waals surface area contributed by atoms with E-state index in [1.54, 1.807) is 0 Å². The lowest BCUT2D eigenvalue weighted by Crippen LogP contribution is -1.97. The lowest BCUT2D eigenvalue weighted by atomic mass is 10.0. The summed E-state index contributed by atoms with van der Waals surface area (Å²) in [5.74, 6) is -0.0636. The first-order chi connectivity index (χ1) is 5.16. The van der Waals surface area contributed by atoms with Gasteiger partial charge in [0.05, 0.1) is 6.42 Å². The van der Waals surface area contributed by atoms with Gasteiger partial charge in [0.1, 0.15) is 0 Å². The SMILES string of the molecule is CCC(C)CCC[CH]C(=O)O. The molecule has 0 aliphatic carbocycles. The van der Waals surface area contributed by atoms with Crippen LogP contribution in [0.5, 0.6) is 0 Å². The molecule has 0 saturated heterocycles. The molecule has 0 aromatic rings. The van der Waals surface area contributed by atoms with E-state index in [-0.39, 0.29) is 0 Å². The van der Waals surface area contributed by atoms with Gasteiger partial charge in [-0.3, -0.25) is 4.79 Å². The number of aliphatic carboxylic acids is 1. The summed E-state index contributed by atoms with van der Waals surface area (Å²) in [6.45, 7) is 4.35. The Bertz CT molecular complexity index is 110. The highest BCUT2D eigenvalue weighted by atomic mass is 16.4. The van der Waals surface area contributed by atoms with Gasteiger partial charge in [0.25, 0.3) is 0 Å². The minimum absolute atomic E-state index is 0.708. The predicted molar refractivity (Wildman–Crippen MR) is 45.2 cm³/mol. The van der Waals surface area contributed by atoms with Crippen molar-refractivity contribution < 1.29 is 9.90 Å². The highest BCUT2D eigenvalue weighted by Crippen LogP contribution is 2.11. The predicted octanol–water partition coefficient (Wildman–Crippen LogP) is 2.49. The van der Waals surface area contributed by atoms with E-state index in [1.165, 1.54) is 12.8 Å². The zero-order chi connectivity index (χ0) is 8.69. The zero-order valence-electron chi connectivity index (χ0n) is 7.34. The molecule has 0 amide bonds. The van der Waals surface area contributed by atoms with Gasteiger partial charge in [-0.2, -0.15) is 0 Å². The van der Waals surface area contributed by atoms with Crippen LogP contribution in [0.1, 0.15) is 39.5 Å². The number of carboxylic acid groups (broad SMARTS) is 1. The Balaban J connectivity index is 3.08. The minimum Gasteiger partial charge on any atom is -0.481 e. The Hall–Kier alpha value is -0.530. The molecule has 0 spiro atoms. The first-order valence-corrected chi connectivity index (χ1v) is 4.23. The summed E-state index contributed by atoms with van der Waals surface area (Å²) in [5, 5.41) is 8.28. The summed E-state index contributed by atoms with van der Waals surface area (Å²) in [5.41, 5.74) is 0. The molecular formula is C9H17O2. The van der Waals surface area contributed by atoms with Crippen molar-refractivity contribution >= 4 is 5.97 Å². The molecule has 2 nitrogen and oxygen atoms in total. The molecule has 1 radical (unpaired) electrons. The van der Waals surface area contributed by atoms with Crippen molar-refractivity contribution in [2.45, 2.75) is 39.5 Å². The molecule has 0 saturated carbocycles. The second kappa shape index (κ2) is 6.20. The van der Waals surface area contributed by atoms with Gasteiger partial charge in [0.2, 0.25) is 0 Å². The van der Waals surface area contributed by atoms with Crippen molar-refractivity contribution in [2.75, 3.05) is 0 Å². The van der Waals surface area contributed by atoms with Gasteiger partial charge >= 0.3 is 5.97 Å². The van der Waals surface area contributed by atoms with Gasteiger partial charge in [-0.25, -0.2) is 0 Å². The van der Waals surface area contributed by atoms with Crippen molar-refractivity contribution in [3.8, 4) is 0 Å². The number of unbranched alkanes of at least 4 members (excludes halogenated alkanes) is 1. The van der Waals surface area contributed by atoms with Crippen molar-refractivity contribution in [1.29, 1.82) is 0 Å². The van der Waals surface area contributed by atoms with Crippen molar-refractivity contribution in [3.05, 3.63) is 6.42 Å². The van der Waals surface area contributed by atoms with Crippen LogP contribution in [-0.2, 0) is 4.79 Å².